The fourth-order valence-corrected chi connectivity index (χ4v) is 1.84. The maximum atomic E-state index is 12.0. The normalized spacial score (nSPS) is 10.7. The van der Waals surface area contributed by atoms with Crippen LogP contribution in [-0.2, 0) is 4.79 Å². The fraction of sp³-hybridized carbons (Fsp3) is 0.357. The highest BCUT2D eigenvalue weighted by Gasteiger charge is 2.11. The minimum atomic E-state index is -0.552. The van der Waals surface area contributed by atoms with Crippen molar-refractivity contribution < 1.29 is 14.0 Å². The van der Waals surface area contributed by atoms with Crippen LogP contribution in [0.2, 0.25) is 0 Å². The van der Waals surface area contributed by atoms with E-state index in [1.165, 1.54) is 6.07 Å². The number of aromatic nitrogens is 1. The first-order valence-electron chi connectivity index (χ1n) is 6.53. The van der Waals surface area contributed by atoms with Gasteiger partial charge in [-0.25, -0.2) is 4.79 Å². The molecule has 0 saturated carbocycles. The number of hydrogen-bond donors (Lipinski definition) is 2. The van der Waals surface area contributed by atoms with Crippen LogP contribution in [0.5, 0.6) is 0 Å². The third-order valence-corrected chi connectivity index (χ3v) is 2.89. The molecule has 1 amide bonds. The maximum Gasteiger partial charge on any atom is 0.417 e. The first-order chi connectivity index (χ1) is 9.60. The largest absolute Gasteiger partial charge is 0.417 e. The van der Waals surface area contributed by atoms with Crippen molar-refractivity contribution in [2.75, 3.05) is 6.54 Å². The number of oxazole rings is 1. The van der Waals surface area contributed by atoms with Gasteiger partial charge < -0.3 is 9.73 Å². The Labute approximate surface area is 115 Å². The molecule has 106 valence electrons. The lowest BCUT2D eigenvalue weighted by Gasteiger charge is -2.03. The summed E-state index contributed by atoms with van der Waals surface area (Å²) >= 11 is 0. The minimum Gasteiger partial charge on any atom is -0.408 e. The number of carbonyl (C=O) groups excluding carboxylic acids is 2. The second kappa shape index (κ2) is 6.18. The van der Waals surface area contributed by atoms with Gasteiger partial charge in [0.25, 0.3) is 0 Å². The highest BCUT2D eigenvalue weighted by atomic mass is 16.4. The van der Waals surface area contributed by atoms with Gasteiger partial charge >= 0.3 is 5.76 Å². The molecular weight excluding hydrogens is 260 g/mol. The topological polar surface area (TPSA) is 92.2 Å². The standard InChI is InChI=1S/C14H16N2O4/c1-2-7-15-13(18)6-5-11(17)9-3-4-10-12(8-9)20-14(19)16-10/h3-4,8H,2,5-7H2,1H3,(H,15,18)(H,16,19). The lowest BCUT2D eigenvalue weighted by Crippen LogP contribution is -2.24. The van der Waals surface area contributed by atoms with Crippen LogP contribution in [0.15, 0.2) is 27.4 Å². The molecule has 1 aromatic heterocycles. The van der Waals surface area contributed by atoms with Crippen molar-refractivity contribution in [3.8, 4) is 0 Å². The van der Waals surface area contributed by atoms with Gasteiger partial charge in [0.15, 0.2) is 11.4 Å². The SMILES string of the molecule is CCCNC(=O)CCC(=O)c1ccc2[nH]c(=O)oc2c1. The molecule has 0 atom stereocenters. The Bertz CT molecular complexity index is 684. The van der Waals surface area contributed by atoms with Gasteiger partial charge in [-0.3, -0.25) is 14.6 Å². The van der Waals surface area contributed by atoms with Crippen molar-refractivity contribution in [1.29, 1.82) is 0 Å². The van der Waals surface area contributed by atoms with Crippen LogP contribution in [0.1, 0.15) is 36.5 Å². The summed E-state index contributed by atoms with van der Waals surface area (Å²) in [5, 5.41) is 2.72. The Balaban J connectivity index is 2.00. The van der Waals surface area contributed by atoms with E-state index in [4.69, 9.17) is 4.42 Å². The third-order valence-electron chi connectivity index (χ3n) is 2.89. The van der Waals surface area contributed by atoms with Crippen LogP contribution < -0.4 is 11.1 Å². The average Bonchev–Trinajstić information content (AvgIpc) is 2.81. The van der Waals surface area contributed by atoms with Crippen LogP contribution in [0.3, 0.4) is 0 Å². The summed E-state index contributed by atoms with van der Waals surface area (Å²) in [7, 11) is 0. The number of Topliss-reactive ketones (excluding diaryl/α,β-unsaturated/α-hetero) is 1. The molecule has 0 saturated heterocycles. The van der Waals surface area contributed by atoms with Crippen LogP contribution in [0.4, 0.5) is 0 Å². The molecule has 6 nitrogen and oxygen atoms in total. The summed E-state index contributed by atoms with van der Waals surface area (Å²) in [5.41, 5.74) is 1.33. The Morgan fingerprint density at radius 3 is 2.85 bits per heavy atom. The van der Waals surface area contributed by atoms with Gasteiger partial charge in [0, 0.05) is 24.9 Å². The predicted octanol–water partition coefficient (Wildman–Crippen LogP) is 1.61. The van der Waals surface area contributed by atoms with Crippen molar-refractivity contribution in [2.24, 2.45) is 0 Å². The van der Waals surface area contributed by atoms with E-state index in [0.29, 0.717) is 23.2 Å². The van der Waals surface area contributed by atoms with Gasteiger partial charge in [-0.2, -0.15) is 0 Å². The van der Waals surface area contributed by atoms with Crippen molar-refractivity contribution >= 4 is 22.8 Å². The number of hydrogen-bond acceptors (Lipinski definition) is 4. The second-order valence-electron chi connectivity index (χ2n) is 4.50. The van der Waals surface area contributed by atoms with Crippen LogP contribution >= 0.6 is 0 Å². The Morgan fingerprint density at radius 2 is 2.10 bits per heavy atom. The van der Waals surface area contributed by atoms with Gasteiger partial charge in [0.2, 0.25) is 5.91 Å². The summed E-state index contributed by atoms with van der Waals surface area (Å²) in [6, 6.07) is 4.74. The summed E-state index contributed by atoms with van der Waals surface area (Å²) in [6.45, 7) is 2.58. The van der Waals surface area contributed by atoms with Crippen molar-refractivity contribution in [1.82, 2.24) is 10.3 Å². The predicted molar refractivity (Wildman–Crippen MR) is 73.7 cm³/mol. The molecule has 0 fully saturated rings. The molecule has 0 bridgehead atoms. The Hall–Kier alpha value is -2.37. The molecule has 0 aliphatic heterocycles. The molecule has 0 aliphatic carbocycles. The van der Waals surface area contributed by atoms with E-state index in [0.717, 1.165) is 6.42 Å². The zero-order valence-corrected chi connectivity index (χ0v) is 11.2. The Morgan fingerprint density at radius 1 is 1.30 bits per heavy atom. The van der Waals surface area contributed by atoms with Gasteiger partial charge in [-0.15, -0.1) is 0 Å². The van der Waals surface area contributed by atoms with Crippen LogP contribution in [0.25, 0.3) is 11.1 Å². The van der Waals surface area contributed by atoms with E-state index in [1.807, 2.05) is 6.92 Å². The van der Waals surface area contributed by atoms with Gasteiger partial charge in [-0.1, -0.05) is 6.92 Å². The van der Waals surface area contributed by atoms with Crippen molar-refractivity contribution in [2.45, 2.75) is 26.2 Å². The smallest absolute Gasteiger partial charge is 0.408 e. The summed E-state index contributed by atoms with van der Waals surface area (Å²) in [5.74, 6) is -0.833. The number of carbonyl (C=O) groups is 2. The number of rotatable bonds is 6. The quantitative estimate of drug-likeness (QED) is 0.784. The molecule has 2 N–H and O–H groups in total. The zero-order valence-electron chi connectivity index (χ0n) is 11.2. The third kappa shape index (κ3) is 3.34. The zero-order chi connectivity index (χ0) is 14.5. The number of aromatic amines is 1. The van der Waals surface area contributed by atoms with E-state index in [9.17, 15) is 14.4 Å². The fourth-order valence-electron chi connectivity index (χ4n) is 1.84. The van der Waals surface area contributed by atoms with E-state index >= 15 is 0 Å². The van der Waals surface area contributed by atoms with E-state index in [-0.39, 0.29) is 24.5 Å². The average molecular weight is 276 g/mol. The number of amides is 1. The van der Waals surface area contributed by atoms with E-state index in [2.05, 4.69) is 10.3 Å². The number of nitrogens with one attached hydrogen (secondary N) is 2. The van der Waals surface area contributed by atoms with Crippen LogP contribution in [-0.4, -0.2) is 23.2 Å². The number of H-pyrrole nitrogens is 1. The van der Waals surface area contributed by atoms with Crippen molar-refractivity contribution in [3.63, 3.8) is 0 Å². The number of ketones is 1. The van der Waals surface area contributed by atoms with Gasteiger partial charge in [-0.05, 0) is 24.6 Å². The molecule has 2 rings (SSSR count). The highest BCUT2D eigenvalue weighted by molar-refractivity contribution is 6.00. The first-order valence-corrected chi connectivity index (χ1v) is 6.53. The number of fused-ring (bicyclic) bond motifs is 1. The number of benzene rings is 1. The second-order valence-corrected chi connectivity index (χ2v) is 4.50. The molecule has 1 heterocycles. The molecule has 0 aliphatic rings. The highest BCUT2D eigenvalue weighted by Crippen LogP contribution is 2.14. The van der Waals surface area contributed by atoms with Crippen LogP contribution in [0, 0.1) is 0 Å². The molecule has 0 unspecified atom stereocenters. The molecule has 1 aromatic carbocycles. The summed E-state index contributed by atoms with van der Waals surface area (Å²) in [4.78, 5) is 36.9. The molecule has 0 radical (unpaired) electrons. The van der Waals surface area contributed by atoms with Gasteiger partial charge in [0.1, 0.15) is 0 Å². The van der Waals surface area contributed by atoms with E-state index < -0.39 is 5.76 Å². The van der Waals surface area contributed by atoms with E-state index in [1.54, 1.807) is 12.1 Å². The Kier molecular flexibility index (Phi) is 4.34. The molecule has 6 heteroatoms. The first kappa shape index (κ1) is 14.0. The minimum absolute atomic E-state index is 0.130. The molecular formula is C14H16N2O4. The lowest BCUT2D eigenvalue weighted by atomic mass is 10.1. The van der Waals surface area contributed by atoms with Crippen molar-refractivity contribution in [3.05, 3.63) is 34.3 Å². The summed E-state index contributed by atoms with van der Waals surface area (Å²) < 4.78 is 4.89. The molecule has 20 heavy (non-hydrogen) atoms. The molecule has 0 spiro atoms. The van der Waals surface area contributed by atoms with Gasteiger partial charge in [0.05, 0.1) is 5.52 Å². The monoisotopic (exact) mass is 276 g/mol. The maximum absolute atomic E-state index is 12.0. The lowest BCUT2D eigenvalue weighted by molar-refractivity contribution is -0.121. The summed E-state index contributed by atoms with van der Waals surface area (Å²) in [6.07, 6.45) is 1.16. The molecule has 2 aromatic rings.